The molecule has 0 radical (unpaired) electrons. The lowest BCUT2D eigenvalue weighted by atomic mass is 10.0. The van der Waals surface area contributed by atoms with Crippen LogP contribution in [0.1, 0.15) is 26.0 Å². The van der Waals surface area contributed by atoms with Crippen molar-refractivity contribution in [2.45, 2.75) is 32.3 Å². The van der Waals surface area contributed by atoms with Crippen molar-refractivity contribution < 1.29 is 19.1 Å². The van der Waals surface area contributed by atoms with Crippen LogP contribution in [0.4, 0.5) is 5.13 Å². The van der Waals surface area contributed by atoms with Crippen LogP contribution in [0.5, 0.6) is 0 Å². The summed E-state index contributed by atoms with van der Waals surface area (Å²) in [6.07, 6.45) is 0.647. The van der Waals surface area contributed by atoms with Crippen molar-refractivity contribution in [3.05, 3.63) is 11.1 Å². The molecule has 1 rings (SSSR count). The lowest BCUT2D eigenvalue weighted by Crippen LogP contribution is -2.41. The fraction of sp³-hybridized carbons (Fsp3) is 0.583. The molecule has 0 aliphatic heterocycles. The van der Waals surface area contributed by atoms with Gasteiger partial charge in [0.2, 0.25) is 0 Å². The van der Waals surface area contributed by atoms with E-state index in [1.165, 1.54) is 25.6 Å². The molecule has 1 heterocycles. The molecule has 0 fully saturated rings. The number of aromatic nitrogens is 1. The predicted octanol–water partition coefficient (Wildman–Crippen LogP) is 1.61. The van der Waals surface area contributed by atoms with Gasteiger partial charge in [0.15, 0.2) is 5.13 Å². The fourth-order valence-electron chi connectivity index (χ4n) is 1.29. The summed E-state index contributed by atoms with van der Waals surface area (Å²) >= 11 is 1.26. The van der Waals surface area contributed by atoms with Crippen LogP contribution < -0.4 is 5.32 Å². The molecule has 0 aromatic carbocycles. The highest BCUT2D eigenvalue weighted by Gasteiger charge is 2.31. The first-order valence-corrected chi connectivity index (χ1v) is 6.71. The van der Waals surface area contributed by atoms with E-state index >= 15 is 0 Å². The molecule has 0 aliphatic rings. The summed E-state index contributed by atoms with van der Waals surface area (Å²) in [7, 11) is 2.82. The molecule has 1 amide bonds. The van der Waals surface area contributed by atoms with E-state index in [1.54, 1.807) is 12.3 Å². The van der Waals surface area contributed by atoms with Crippen LogP contribution in [0.25, 0.3) is 0 Å². The SMILES string of the molecule is CCC(C)(OC)C(=O)Nc1nc(CC(=O)OC)cs1. The molecule has 1 aromatic rings. The summed E-state index contributed by atoms with van der Waals surface area (Å²) in [5, 5.41) is 4.84. The highest BCUT2D eigenvalue weighted by Crippen LogP contribution is 2.20. The molecule has 0 bridgehead atoms. The molecule has 0 aliphatic carbocycles. The van der Waals surface area contributed by atoms with Crippen LogP contribution in [-0.4, -0.2) is 36.7 Å². The van der Waals surface area contributed by atoms with Crippen molar-refractivity contribution >= 4 is 28.3 Å². The van der Waals surface area contributed by atoms with Gasteiger partial charge in [-0.1, -0.05) is 6.92 Å². The molecule has 19 heavy (non-hydrogen) atoms. The molecule has 6 nitrogen and oxygen atoms in total. The molecule has 0 saturated carbocycles. The van der Waals surface area contributed by atoms with Gasteiger partial charge in [0, 0.05) is 12.5 Å². The second kappa shape index (κ2) is 6.63. The van der Waals surface area contributed by atoms with E-state index in [-0.39, 0.29) is 18.3 Å². The highest BCUT2D eigenvalue weighted by molar-refractivity contribution is 7.13. The number of thiazole rings is 1. The van der Waals surface area contributed by atoms with Gasteiger partial charge in [-0.25, -0.2) is 4.98 Å². The van der Waals surface area contributed by atoms with E-state index in [4.69, 9.17) is 4.74 Å². The van der Waals surface area contributed by atoms with Crippen molar-refractivity contribution in [2.24, 2.45) is 0 Å². The minimum atomic E-state index is -0.881. The van der Waals surface area contributed by atoms with Gasteiger partial charge >= 0.3 is 5.97 Å². The zero-order valence-electron chi connectivity index (χ0n) is 11.5. The van der Waals surface area contributed by atoms with E-state index in [0.717, 1.165) is 0 Å². The van der Waals surface area contributed by atoms with E-state index in [1.807, 2.05) is 6.92 Å². The van der Waals surface area contributed by atoms with Gasteiger partial charge in [0.1, 0.15) is 5.60 Å². The highest BCUT2D eigenvalue weighted by atomic mass is 32.1. The molecule has 106 valence electrons. The van der Waals surface area contributed by atoms with Gasteiger partial charge < -0.3 is 9.47 Å². The third kappa shape index (κ3) is 4.00. The van der Waals surface area contributed by atoms with Gasteiger partial charge in [-0.2, -0.15) is 0 Å². The van der Waals surface area contributed by atoms with E-state index in [2.05, 4.69) is 15.0 Å². The van der Waals surface area contributed by atoms with Crippen LogP contribution >= 0.6 is 11.3 Å². The summed E-state index contributed by atoms with van der Waals surface area (Å²) in [6, 6.07) is 0. The first kappa shape index (κ1) is 15.6. The lowest BCUT2D eigenvalue weighted by molar-refractivity contribution is -0.139. The number of esters is 1. The van der Waals surface area contributed by atoms with Gasteiger partial charge in [-0.15, -0.1) is 11.3 Å². The van der Waals surface area contributed by atoms with Crippen LogP contribution in [-0.2, 0) is 25.5 Å². The Morgan fingerprint density at radius 3 is 2.68 bits per heavy atom. The third-order valence-corrected chi connectivity index (χ3v) is 3.74. The van der Waals surface area contributed by atoms with E-state index in [9.17, 15) is 9.59 Å². The number of carbonyl (C=O) groups excluding carboxylic acids is 2. The van der Waals surface area contributed by atoms with Crippen molar-refractivity contribution in [1.82, 2.24) is 4.98 Å². The summed E-state index contributed by atoms with van der Waals surface area (Å²) in [6.45, 7) is 3.58. The quantitative estimate of drug-likeness (QED) is 0.804. The molecular weight excluding hydrogens is 268 g/mol. The number of methoxy groups -OCH3 is 2. The Morgan fingerprint density at radius 1 is 1.47 bits per heavy atom. The number of nitrogens with one attached hydrogen (secondary N) is 1. The van der Waals surface area contributed by atoms with Crippen molar-refractivity contribution in [3.63, 3.8) is 0 Å². The zero-order chi connectivity index (χ0) is 14.5. The Kier molecular flexibility index (Phi) is 5.44. The Morgan fingerprint density at radius 2 is 2.16 bits per heavy atom. The lowest BCUT2D eigenvalue weighted by Gasteiger charge is -2.24. The minimum absolute atomic E-state index is 0.0954. The topological polar surface area (TPSA) is 77.5 Å². The molecule has 1 unspecified atom stereocenters. The summed E-state index contributed by atoms with van der Waals surface area (Å²) in [5.41, 5.74) is -0.309. The van der Waals surface area contributed by atoms with Crippen molar-refractivity contribution in [3.8, 4) is 0 Å². The van der Waals surface area contributed by atoms with Crippen LogP contribution in [0.3, 0.4) is 0 Å². The fourth-order valence-corrected chi connectivity index (χ4v) is 2.00. The Labute approximate surface area is 116 Å². The monoisotopic (exact) mass is 286 g/mol. The number of hydrogen-bond donors (Lipinski definition) is 1. The molecular formula is C12H18N2O4S. The van der Waals surface area contributed by atoms with Gasteiger partial charge in [0.25, 0.3) is 5.91 Å². The Bertz CT molecular complexity index is 454. The third-order valence-electron chi connectivity index (χ3n) is 2.93. The van der Waals surface area contributed by atoms with Crippen LogP contribution in [0.2, 0.25) is 0 Å². The number of anilines is 1. The summed E-state index contributed by atoms with van der Waals surface area (Å²) < 4.78 is 9.75. The predicted molar refractivity (Wildman–Crippen MR) is 72.2 cm³/mol. The average molecular weight is 286 g/mol. The first-order chi connectivity index (χ1) is 8.95. The molecule has 0 spiro atoms. The molecule has 7 heteroatoms. The second-order valence-electron chi connectivity index (χ2n) is 4.14. The first-order valence-electron chi connectivity index (χ1n) is 5.83. The second-order valence-corrected chi connectivity index (χ2v) is 5.00. The molecule has 1 N–H and O–H groups in total. The van der Waals surface area contributed by atoms with Crippen LogP contribution in [0, 0.1) is 0 Å². The van der Waals surface area contributed by atoms with Gasteiger partial charge in [-0.05, 0) is 13.3 Å². The van der Waals surface area contributed by atoms with E-state index in [0.29, 0.717) is 17.2 Å². The maximum atomic E-state index is 12.0. The van der Waals surface area contributed by atoms with Crippen LogP contribution in [0.15, 0.2) is 5.38 Å². The number of amides is 1. The average Bonchev–Trinajstić information content (AvgIpc) is 2.84. The maximum Gasteiger partial charge on any atom is 0.311 e. The summed E-state index contributed by atoms with van der Waals surface area (Å²) in [5.74, 6) is -0.616. The van der Waals surface area contributed by atoms with Gasteiger partial charge in [-0.3, -0.25) is 14.9 Å². The largest absolute Gasteiger partial charge is 0.469 e. The van der Waals surface area contributed by atoms with E-state index < -0.39 is 5.60 Å². The van der Waals surface area contributed by atoms with Gasteiger partial charge in [0.05, 0.1) is 19.2 Å². The maximum absolute atomic E-state index is 12.0. The smallest absolute Gasteiger partial charge is 0.311 e. The molecule has 1 aromatic heterocycles. The number of hydrogen-bond acceptors (Lipinski definition) is 6. The number of carbonyl (C=O) groups is 2. The number of rotatable bonds is 6. The van der Waals surface area contributed by atoms with Crippen molar-refractivity contribution in [2.75, 3.05) is 19.5 Å². The number of nitrogens with zero attached hydrogens (tertiary/aromatic N) is 1. The molecule has 1 atom stereocenters. The normalized spacial score (nSPS) is 13.7. The standard InChI is InChI=1S/C12H18N2O4S/c1-5-12(2,18-4)10(16)14-11-13-8(7-19-11)6-9(15)17-3/h7H,5-6H2,1-4H3,(H,13,14,16). The summed E-state index contributed by atoms with van der Waals surface area (Å²) in [4.78, 5) is 27.3. The Hall–Kier alpha value is -1.47. The zero-order valence-corrected chi connectivity index (χ0v) is 12.3. The van der Waals surface area contributed by atoms with Crippen molar-refractivity contribution in [1.29, 1.82) is 0 Å². The Balaban J connectivity index is 2.68. The molecule has 0 saturated heterocycles. The minimum Gasteiger partial charge on any atom is -0.469 e. The number of ether oxygens (including phenoxy) is 2.